The van der Waals surface area contributed by atoms with Crippen molar-refractivity contribution >= 4 is 40.2 Å². The Morgan fingerprint density at radius 2 is 1.79 bits per heavy atom. The smallest absolute Gasteiger partial charge is 0.206 e. The maximum atomic E-state index is 6.20. The van der Waals surface area contributed by atoms with E-state index >= 15 is 0 Å². The van der Waals surface area contributed by atoms with Gasteiger partial charge in [-0.2, -0.15) is 0 Å². The lowest BCUT2D eigenvalue weighted by atomic mass is 10.0. The lowest BCUT2D eigenvalue weighted by molar-refractivity contribution is 0.0114. The van der Waals surface area contributed by atoms with Crippen molar-refractivity contribution in [1.82, 2.24) is 19.4 Å². The van der Waals surface area contributed by atoms with E-state index in [0.29, 0.717) is 21.9 Å². The second kappa shape index (κ2) is 6.67. The standard InChI is InChI=1S/C16H21Cl2N5O/c1-21-12-10-13(17)19-15(18)14(12)20-16(21)23-4-2-11(3-5-23)22-6-8-24-9-7-22/h10-11H,2-9H2,1H3. The molecule has 0 saturated carbocycles. The number of aryl methyl sites for hydroxylation is 1. The third-order valence-corrected chi connectivity index (χ3v) is 5.54. The second-order valence-corrected chi connectivity index (χ2v) is 7.19. The van der Waals surface area contributed by atoms with Crippen LogP contribution in [0.1, 0.15) is 12.8 Å². The largest absolute Gasteiger partial charge is 0.379 e. The monoisotopic (exact) mass is 369 g/mol. The molecule has 0 spiro atoms. The van der Waals surface area contributed by atoms with Crippen LogP contribution >= 0.6 is 23.2 Å². The van der Waals surface area contributed by atoms with E-state index in [4.69, 9.17) is 32.9 Å². The lowest BCUT2D eigenvalue weighted by Crippen LogP contribution is -2.49. The van der Waals surface area contributed by atoms with Crippen LogP contribution < -0.4 is 4.90 Å². The maximum Gasteiger partial charge on any atom is 0.206 e. The first kappa shape index (κ1) is 16.4. The molecule has 2 saturated heterocycles. The summed E-state index contributed by atoms with van der Waals surface area (Å²) in [6.07, 6.45) is 2.30. The molecule has 24 heavy (non-hydrogen) atoms. The predicted octanol–water partition coefficient (Wildman–Crippen LogP) is 2.58. The Balaban J connectivity index is 1.52. The third kappa shape index (κ3) is 2.96. The van der Waals surface area contributed by atoms with Crippen molar-refractivity contribution in [1.29, 1.82) is 0 Å². The van der Waals surface area contributed by atoms with Crippen molar-refractivity contribution in [2.75, 3.05) is 44.3 Å². The summed E-state index contributed by atoms with van der Waals surface area (Å²) in [5.74, 6) is 0.941. The second-order valence-electron chi connectivity index (χ2n) is 6.44. The van der Waals surface area contributed by atoms with Gasteiger partial charge in [-0.15, -0.1) is 0 Å². The van der Waals surface area contributed by atoms with E-state index < -0.39 is 0 Å². The molecule has 2 fully saturated rings. The molecule has 2 aliphatic rings. The fraction of sp³-hybridized carbons (Fsp3) is 0.625. The van der Waals surface area contributed by atoms with Crippen LogP contribution in [0, 0.1) is 0 Å². The van der Waals surface area contributed by atoms with Gasteiger partial charge in [0.2, 0.25) is 5.95 Å². The molecular formula is C16H21Cl2N5O. The maximum absolute atomic E-state index is 6.20. The first-order valence-corrected chi connectivity index (χ1v) is 9.14. The minimum Gasteiger partial charge on any atom is -0.379 e. The topological polar surface area (TPSA) is 46.4 Å². The summed E-state index contributed by atoms with van der Waals surface area (Å²) in [6, 6.07) is 2.47. The van der Waals surface area contributed by atoms with E-state index in [1.807, 2.05) is 13.1 Å². The summed E-state index contributed by atoms with van der Waals surface area (Å²) < 4.78 is 7.52. The summed E-state index contributed by atoms with van der Waals surface area (Å²) in [6.45, 7) is 5.82. The summed E-state index contributed by atoms with van der Waals surface area (Å²) in [4.78, 5) is 13.7. The quantitative estimate of drug-likeness (QED) is 0.761. The molecule has 0 aliphatic carbocycles. The molecule has 0 atom stereocenters. The molecular weight excluding hydrogens is 349 g/mol. The predicted molar refractivity (Wildman–Crippen MR) is 96.2 cm³/mol. The van der Waals surface area contributed by atoms with Crippen molar-refractivity contribution in [3.63, 3.8) is 0 Å². The van der Waals surface area contributed by atoms with E-state index in [0.717, 1.165) is 63.7 Å². The number of anilines is 1. The molecule has 0 unspecified atom stereocenters. The first-order chi connectivity index (χ1) is 11.6. The van der Waals surface area contributed by atoms with Gasteiger partial charge in [-0.3, -0.25) is 4.90 Å². The van der Waals surface area contributed by atoms with Crippen LogP contribution in [-0.4, -0.2) is 64.9 Å². The SMILES string of the molecule is Cn1c(N2CCC(N3CCOCC3)CC2)nc2c(Cl)nc(Cl)cc21. The van der Waals surface area contributed by atoms with E-state index in [2.05, 4.69) is 19.4 Å². The number of nitrogens with zero attached hydrogens (tertiary/aromatic N) is 5. The minimum atomic E-state index is 0.363. The number of aromatic nitrogens is 3. The molecule has 0 radical (unpaired) electrons. The van der Waals surface area contributed by atoms with Crippen LogP contribution in [0.15, 0.2) is 6.07 Å². The Kier molecular flexibility index (Phi) is 4.56. The van der Waals surface area contributed by atoms with E-state index in [9.17, 15) is 0 Å². The molecule has 130 valence electrons. The number of imidazole rings is 1. The molecule has 2 aromatic rings. The van der Waals surface area contributed by atoms with Crippen LogP contribution in [0.3, 0.4) is 0 Å². The molecule has 0 amide bonds. The normalized spacial score (nSPS) is 20.9. The third-order valence-electron chi connectivity index (χ3n) is 5.08. The molecule has 6 nitrogen and oxygen atoms in total. The average molecular weight is 370 g/mol. The Hall–Kier alpha value is -1.08. The molecule has 0 N–H and O–H groups in total. The van der Waals surface area contributed by atoms with Crippen molar-refractivity contribution in [2.45, 2.75) is 18.9 Å². The number of morpholine rings is 1. The van der Waals surface area contributed by atoms with E-state index in [1.54, 1.807) is 0 Å². The average Bonchev–Trinajstić information content (AvgIpc) is 2.93. The van der Waals surface area contributed by atoms with Crippen LogP contribution in [-0.2, 0) is 11.8 Å². The van der Waals surface area contributed by atoms with Crippen molar-refractivity contribution in [2.24, 2.45) is 7.05 Å². The van der Waals surface area contributed by atoms with Crippen molar-refractivity contribution in [3.05, 3.63) is 16.4 Å². The first-order valence-electron chi connectivity index (χ1n) is 8.38. The van der Waals surface area contributed by atoms with Gasteiger partial charge in [-0.05, 0) is 12.8 Å². The van der Waals surface area contributed by atoms with Crippen LogP contribution in [0.5, 0.6) is 0 Å². The van der Waals surface area contributed by atoms with Gasteiger partial charge in [-0.1, -0.05) is 23.2 Å². The Labute approximate surface area is 151 Å². The number of hydrogen-bond donors (Lipinski definition) is 0. The van der Waals surface area contributed by atoms with E-state index in [1.165, 1.54) is 0 Å². The minimum absolute atomic E-state index is 0.363. The number of piperidine rings is 1. The lowest BCUT2D eigenvalue weighted by Gasteiger charge is -2.40. The number of ether oxygens (including phenoxy) is 1. The molecule has 8 heteroatoms. The van der Waals surface area contributed by atoms with Gasteiger partial charge in [0.1, 0.15) is 10.7 Å². The van der Waals surface area contributed by atoms with Crippen molar-refractivity contribution < 1.29 is 4.74 Å². The van der Waals surface area contributed by atoms with Gasteiger partial charge in [0.05, 0.1) is 18.7 Å². The zero-order valence-electron chi connectivity index (χ0n) is 13.7. The number of fused-ring (bicyclic) bond motifs is 1. The number of hydrogen-bond acceptors (Lipinski definition) is 5. The Morgan fingerprint density at radius 3 is 2.50 bits per heavy atom. The number of pyridine rings is 1. The van der Waals surface area contributed by atoms with Crippen LogP contribution in [0.25, 0.3) is 11.0 Å². The molecule has 0 bridgehead atoms. The Bertz CT molecular complexity index is 736. The highest BCUT2D eigenvalue weighted by Gasteiger charge is 2.28. The molecule has 2 aliphatic heterocycles. The fourth-order valence-corrected chi connectivity index (χ4v) is 4.23. The zero-order chi connectivity index (χ0) is 16.7. The fourth-order valence-electron chi connectivity index (χ4n) is 3.76. The molecule has 0 aromatic carbocycles. The highest BCUT2D eigenvalue weighted by atomic mass is 35.5. The van der Waals surface area contributed by atoms with Crippen molar-refractivity contribution in [3.8, 4) is 0 Å². The van der Waals surface area contributed by atoms with Gasteiger partial charge in [-0.25, -0.2) is 9.97 Å². The van der Waals surface area contributed by atoms with Gasteiger partial charge in [0.25, 0.3) is 0 Å². The summed E-state index contributed by atoms with van der Waals surface area (Å²) in [5, 5.41) is 0.760. The van der Waals surface area contributed by atoms with E-state index in [-0.39, 0.29) is 0 Å². The molecule has 2 aromatic heterocycles. The van der Waals surface area contributed by atoms with Gasteiger partial charge >= 0.3 is 0 Å². The molecule has 4 heterocycles. The number of halogens is 2. The zero-order valence-corrected chi connectivity index (χ0v) is 15.2. The van der Waals surface area contributed by atoms with Gasteiger partial charge < -0.3 is 14.2 Å². The van der Waals surface area contributed by atoms with Gasteiger partial charge in [0.15, 0.2) is 5.15 Å². The molecule has 4 rings (SSSR count). The summed E-state index contributed by atoms with van der Waals surface area (Å²) in [7, 11) is 2.01. The number of rotatable bonds is 2. The Morgan fingerprint density at radius 1 is 1.08 bits per heavy atom. The van der Waals surface area contributed by atoms with Crippen LogP contribution in [0.4, 0.5) is 5.95 Å². The highest BCUT2D eigenvalue weighted by Crippen LogP contribution is 2.30. The highest BCUT2D eigenvalue weighted by molar-refractivity contribution is 6.36. The summed E-state index contributed by atoms with van der Waals surface area (Å²) in [5.41, 5.74) is 1.64. The van der Waals surface area contributed by atoms with Crippen LogP contribution in [0.2, 0.25) is 10.3 Å². The summed E-state index contributed by atoms with van der Waals surface area (Å²) >= 11 is 12.2. The van der Waals surface area contributed by atoms with Gasteiger partial charge in [0, 0.05) is 45.3 Å².